The van der Waals surface area contributed by atoms with Crippen molar-refractivity contribution in [3.63, 3.8) is 0 Å². The SMILES string of the molecule is CCN(CC)CCCNc1ncnc2c(C(=O)Nc3c(Cl)c(OC)c(Br)c(OC)c3Cl)csc12. The topological polar surface area (TPSA) is 88.6 Å². The smallest absolute Gasteiger partial charge is 0.258 e. The lowest BCUT2D eigenvalue weighted by atomic mass is 10.2. The second-order valence-electron chi connectivity index (χ2n) is 7.19. The zero-order valence-electron chi connectivity index (χ0n) is 19.3. The van der Waals surface area contributed by atoms with Gasteiger partial charge in [-0.1, -0.05) is 37.0 Å². The van der Waals surface area contributed by atoms with Crippen molar-refractivity contribution in [2.45, 2.75) is 20.3 Å². The lowest BCUT2D eigenvalue weighted by Crippen LogP contribution is -2.25. The van der Waals surface area contributed by atoms with Gasteiger partial charge < -0.3 is 25.0 Å². The fourth-order valence-electron chi connectivity index (χ4n) is 3.46. The summed E-state index contributed by atoms with van der Waals surface area (Å²) in [7, 11) is 2.93. The van der Waals surface area contributed by atoms with E-state index < -0.39 is 5.91 Å². The molecule has 0 radical (unpaired) electrons. The summed E-state index contributed by atoms with van der Waals surface area (Å²) in [6, 6.07) is 0. The Morgan fingerprint density at radius 3 is 2.38 bits per heavy atom. The minimum atomic E-state index is -0.410. The van der Waals surface area contributed by atoms with Crippen molar-refractivity contribution in [2.75, 3.05) is 51.0 Å². The highest BCUT2D eigenvalue weighted by Gasteiger charge is 2.25. The Balaban J connectivity index is 1.83. The molecule has 1 amide bonds. The molecule has 184 valence electrons. The van der Waals surface area contributed by atoms with E-state index in [-0.39, 0.29) is 15.7 Å². The molecule has 8 nitrogen and oxygen atoms in total. The first kappa shape index (κ1) is 26.7. The van der Waals surface area contributed by atoms with Gasteiger partial charge in [-0.05, 0) is 42.0 Å². The molecule has 12 heteroatoms. The number of methoxy groups -OCH3 is 2. The maximum Gasteiger partial charge on any atom is 0.258 e. The number of hydrogen-bond acceptors (Lipinski definition) is 8. The van der Waals surface area contributed by atoms with Gasteiger partial charge in [0, 0.05) is 11.9 Å². The molecule has 0 saturated carbocycles. The molecule has 0 unspecified atom stereocenters. The molecule has 2 N–H and O–H groups in total. The molecule has 0 aliphatic carbocycles. The quantitative estimate of drug-likeness (QED) is 0.258. The molecular weight excluding hydrogens is 565 g/mol. The van der Waals surface area contributed by atoms with Gasteiger partial charge in [0.05, 0.1) is 35.7 Å². The van der Waals surface area contributed by atoms with Crippen LogP contribution in [-0.4, -0.2) is 61.2 Å². The Morgan fingerprint density at radius 1 is 1.15 bits per heavy atom. The third kappa shape index (κ3) is 5.52. The summed E-state index contributed by atoms with van der Waals surface area (Å²) in [5.74, 6) is 0.892. The number of anilines is 2. The van der Waals surface area contributed by atoms with E-state index >= 15 is 0 Å². The lowest BCUT2D eigenvalue weighted by Gasteiger charge is -2.17. The first-order valence-corrected chi connectivity index (χ1v) is 13.1. The molecule has 34 heavy (non-hydrogen) atoms. The van der Waals surface area contributed by atoms with Gasteiger partial charge in [-0.15, -0.1) is 11.3 Å². The van der Waals surface area contributed by atoms with E-state index in [0.717, 1.165) is 37.3 Å². The number of nitrogens with zero attached hydrogens (tertiary/aromatic N) is 3. The average molecular weight is 591 g/mol. The molecule has 2 aromatic heterocycles. The Bertz CT molecular complexity index is 1140. The predicted molar refractivity (Wildman–Crippen MR) is 144 cm³/mol. The zero-order chi connectivity index (χ0) is 24.8. The molecule has 0 fully saturated rings. The van der Waals surface area contributed by atoms with E-state index in [4.69, 9.17) is 32.7 Å². The van der Waals surface area contributed by atoms with Gasteiger partial charge in [0.1, 0.15) is 26.7 Å². The standard InChI is InChI=1S/C22H26BrCl2N5O3S/c1-5-30(6-2)9-7-8-26-21-20-16(27-11-28-21)12(10-34-20)22(31)29-17-14(24)18(32-3)13(23)19(33-4)15(17)25/h10-11H,5-9H2,1-4H3,(H,29,31)(H,26,27,28). The summed E-state index contributed by atoms with van der Waals surface area (Å²) in [5.41, 5.74) is 1.13. The number of ether oxygens (including phenoxy) is 2. The van der Waals surface area contributed by atoms with E-state index in [9.17, 15) is 4.79 Å². The summed E-state index contributed by atoms with van der Waals surface area (Å²) in [6.45, 7) is 8.15. The van der Waals surface area contributed by atoms with E-state index in [1.54, 1.807) is 5.38 Å². The monoisotopic (exact) mass is 589 g/mol. The molecule has 0 aliphatic rings. The number of carbonyl (C=O) groups is 1. The van der Waals surface area contributed by atoms with Crippen molar-refractivity contribution in [1.82, 2.24) is 14.9 Å². The Hall–Kier alpha value is -1.85. The summed E-state index contributed by atoms with van der Waals surface area (Å²) in [5, 5.41) is 8.19. The second-order valence-corrected chi connectivity index (χ2v) is 9.62. The molecule has 0 atom stereocenters. The minimum Gasteiger partial charge on any atom is -0.494 e. The molecule has 0 bridgehead atoms. The minimum absolute atomic E-state index is 0.151. The largest absolute Gasteiger partial charge is 0.494 e. The van der Waals surface area contributed by atoms with E-state index in [1.807, 2.05) is 0 Å². The first-order chi connectivity index (χ1) is 16.4. The van der Waals surface area contributed by atoms with Crippen molar-refractivity contribution >= 4 is 78.1 Å². The summed E-state index contributed by atoms with van der Waals surface area (Å²) in [4.78, 5) is 24.3. The molecule has 0 saturated heterocycles. The Labute approximate surface area is 221 Å². The van der Waals surface area contributed by atoms with Gasteiger partial charge in [0.25, 0.3) is 5.91 Å². The van der Waals surface area contributed by atoms with Gasteiger partial charge in [-0.25, -0.2) is 9.97 Å². The maximum absolute atomic E-state index is 13.2. The Kier molecular flexibility index (Phi) is 9.61. The zero-order valence-corrected chi connectivity index (χ0v) is 23.2. The van der Waals surface area contributed by atoms with Crippen LogP contribution in [0.1, 0.15) is 30.6 Å². The average Bonchev–Trinajstić information content (AvgIpc) is 3.27. The van der Waals surface area contributed by atoms with Crippen LogP contribution in [0, 0.1) is 0 Å². The summed E-state index contributed by atoms with van der Waals surface area (Å²) in [6.07, 6.45) is 2.43. The van der Waals surface area contributed by atoms with Crippen LogP contribution < -0.4 is 20.1 Å². The molecule has 0 spiro atoms. The number of halogens is 3. The van der Waals surface area contributed by atoms with E-state index in [0.29, 0.717) is 32.9 Å². The molecule has 2 heterocycles. The molecule has 3 aromatic rings. The van der Waals surface area contributed by atoms with E-state index in [1.165, 1.54) is 31.9 Å². The fraction of sp³-hybridized carbons (Fsp3) is 0.409. The van der Waals surface area contributed by atoms with E-state index in [2.05, 4.69) is 55.3 Å². The van der Waals surface area contributed by atoms with Crippen molar-refractivity contribution in [2.24, 2.45) is 0 Å². The molecule has 3 rings (SSSR count). The van der Waals surface area contributed by atoms with Gasteiger partial charge in [-0.2, -0.15) is 0 Å². The van der Waals surface area contributed by atoms with Crippen molar-refractivity contribution in [3.05, 3.63) is 31.8 Å². The van der Waals surface area contributed by atoms with Crippen LogP contribution in [0.4, 0.5) is 11.5 Å². The normalized spacial score (nSPS) is 11.2. The predicted octanol–water partition coefficient (Wildman–Crippen LogP) is 6.17. The van der Waals surface area contributed by atoms with Crippen molar-refractivity contribution in [1.29, 1.82) is 0 Å². The number of carbonyl (C=O) groups excluding carboxylic acids is 1. The van der Waals surface area contributed by atoms with Crippen molar-refractivity contribution < 1.29 is 14.3 Å². The lowest BCUT2D eigenvalue weighted by molar-refractivity contribution is 0.102. The highest BCUT2D eigenvalue weighted by Crippen LogP contribution is 2.50. The van der Waals surface area contributed by atoms with Crippen molar-refractivity contribution in [3.8, 4) is 11.5 Å². The number of benzene rings is 1. The van der Waals surface area contributed by atoms with Crippen LogP contribution in [0.2, 0.25) is 10.0 Å². The maximum atomic E-state index is 13.2. The van der Waals surface area contributed by atoms with Crippen LogP contribution in [0.3, 0.4) is 0 Å². The summed E-state index contributed by atoms with van der Waals surface area (Å²) < 4.78 is 12.0. The number of aromatic nitrogens is 2. The third-order valence-corrected chi connectivity index (χ3v) is 7.74. The van der Waals surface area contributed by atoms with Crippen LogP contribution in [-0.2, 0) is 0 Å². The number of rotatable bonds is 11. The molecular formula is C22H26BrCl2N5O3S. The van der Waals surface area contributed by atoms with Crippen LogP contribution >= 0.6 is 50.5 Å². The van der Waals surface area contributed by atoms with Crippen LogP contribution in [0.25, 0.3) is 10.2 Å². The number of amides is 1. The highest BCUT2D eigenvalue weighted by atomic mass is 79.9. The van der Waals surface area contributed by atoms with Crippen LogP contribution in [0.15, 0.2) is 16.2 Å². The highest BCUT2D eigenvalue weighted by molar-refractivity contribution is 9.10. The van der Waals surface area contributed by atoms with Gasteiger partial charge in [0.2, 0.25) is 0 Å². The Morgan fingerprint density at radius 2 is 1.79 bits per heavy atom. The second kappa shape index (κ2) is 12.2. The number of hydrogen-bond donors (Lipinski definition) is 2. The molecule has 0 aliphatic heterocycles. The van der Waals surface area contributed by atoms with Gasteiger partial charge in [0.15, 0.2) is 11.5 Å². The molecule has 1 aromatic carbocycles. The first-order valence-electron chi connectivity index (χ1n) is 10.7. The number of thiophene rings is 1. The number of nitrogens with one attached hydrogen (secondary N) is 2. The third-order valence-electron chi connectivity index (χ3n) is 5.32. The number of fused-ring (bicyclic) bond motifs is 1. The summed E-state index contributed by atoms with van der Waals surface area (Å²) >= 11 is 17.7. The fourth-order valence-corrected chi connectivity index (χ4v) is 6.04. The van der Waals surface area contributed by atoms with Crippen LogP contribution in [0.5, 0.6) is 11.5 Å². The van der Waals surface area contributed by atoms with Gasteiger partial charge in [-0.3, -0.25) is 4.79 Å². The van der Waals surface area contributed by atoms with Gasteiger partial charge >= 0.3 is 0 Å².